The van der Waals surface area contributed by atoms with Crippen molar-refractivity contribution in [3.8, 4) is 11.5 Å². The Hall–Kier alpha value is -0.940. The van der Waals surface area contributed by atoms with Crippen LogP contribution in [-0.4, -0.2) is 28.4 Å². The van der Waals surface area contributed by atoms with Crippen LogP contribution in [0.3, 0.4) is 0 Å². The van der Waals surface area contributed by atoms with Gasteiger partial charge in [-0.15, -0.1) is 0 Å². The molecule has 0 spiro atoms. The van der Waals surface area contributed by atoms with Gasteiger partial charge in [-0.3, -0.25) is 0 Å². The number of hydrogen-bond donors (Lipinski definition) is 0. The molecule has 6 heteroatoms. The van der Waals surface area contributed by atoms with Crippen molar-refractivity contribution in [1.82, 2.24) is 0 Å². The molecule has 0 aliphatic carbocycles. The highest BCUT2D eigenvalue weighted by Gasteiger charge is 2.07. The molecule has 0 saturated heterocycles. The monoisotopic (exact) mass is 292 g/mol. The number of benzene rings is 1. The molecular weight excluding hydrogens is 276 g/mol. The molecule has 0 aliphatic heterocycles. The molecule has 0 amide bonds. The molecule has 102 valence electrons. The summed E-state index contributed by atoms with van der Waals surface area (Å²) in [5, 5.41) is 0. The molecule has 1 rings (SSSR count). The smallest absolute Gasteiger partial charge is 0.232 e. The Morgan fingerprint density at radius 3 is 2.44 bits per heavy atom. The average molecular weight is 293 g/mol. The molecule has 0 N–H and O–H groups in total. The van der Waals surface area contributed by atoms with Crippen LogP contribution >= 0.6 is 10.7 Å². The molecule has 0 aromatic heterocycles. The summed E-state index contributed by atoms with van der Waals surface area (Å²) in [5.41, 5.74) is 1.00. The molecule has 0 aliphatic rings. The zero-order valence-corrected chi connectivity index (χ0v) is 12.1. The minimum atomic E-state index is -3.39. The third kappa shape index (κ3) is 5.14. The molecule has 0 saturated carbocycles. The van der Waals surface area contributed by atoms with Gasteiger partial charge in [-0.2, -0.15) is 0 Å². The molecule has 0 fully saturated rings. The van der Waals surface area contributed by atoms with Crippen molar-refractivity contribution in [3.63, 3.8) is 0 Å². The maximum absolute atomic E-state index is 10.8. The zero-order valence-electron chi connectivity index (χ0n) is 10.5. The van der Waals surface area contributed by atoms with E-state index in [1.54, 1.807) is 14.2 Å². The van der Waals surface area contributed by atoms with Crippen LogP contribution in [0.5, 0.6) is 11.5 Å². The molecule has 0 heterocycles. The molecule has 0 bridgehead atoms. The highest BCUT2D eigenvalue weighted by molar-refractivity contribution is 8.13. The minimum absolute atomic E-state index is 0.000833. The molecule has 1 aromatic carbocycles. The predicted molar refractivity (Wildman–Crippen MR) is 72.1 cm³/mol. The SMILES string of the molecule is COc1ccc(OC)c(CCCCS(=O)(=O)Cl)c1. The van der Waals surface area contributed by atoms with Crippen molar-refractivity contribution >= 4 is 19.7 Å². The summed E-state index contributed by atoms with van der Waals surface area (Å²) >= 11 is 0. The lowest BCUT2D eigenvalue weighted by molar-refractivity contribution is 0.398. The summed E-state index contributed by atoms with van der Waals surface area (Å²) < 4.78 is 32.0. The lowest BCUT2D eigenvalue weighted by Crippen LogP contribution is -1.99. The Kier molecular flexibility index (Phi) is 5.75. The summed E-state index contributed by atoms with van der Waals surface area (Å²) in [4.78, 5) is 0. The van der Waals surface area contributed by atoms with Crippen LogP contribution in [0.1, 0.15) is 18.4 Å². The number of rotatable bonds is 7. The predicted octanol–water partition coefficient (Wildman–Crippen LogP) is 2.60. The number of methoxy groups -OCH3 is 2. The number of unbranched alkanes of at least 4 members (excludes halogenated alkanes) is 1. The Morgan fingerprint density at radius 2 is 1.89 bits per heavy atom. The van der Waals surface area contributed by atoms with E-state index in [0.29, 0.717) is 6.42 Å². The van der Waals surface area contributed by atoms with E-state index in [9.17, 15) is 8.42 Å². The quantitative estimate of drug-likeness (QED) is 0.572. The zero-order chi connectivity index (χ0) is 13.6. The second kappa shape index (κ2) is 6.85. The lowest BCUT2D eigenvalue weighted by Gasteiger charge is -2.10. The molecule has 0 radical (unpaired) electrons. The standard InChI is InChI=1S/C12H17ClO4S/c1-16-11-6-7-12(17-2)10(9-11)5-3-4-8-18(13,14)15/h6-7,9H,3-5,8H2,1-2H3. The normalized spacial score (nSPS) is 11.3. The van der Waals surface area contributed by atoms with Crippen molar-refractivity contribution in [2.75, 3.05) is 20.0 Å². The van der Waals surface area contributed by atoms with Crippen molar-refractivity contribution in [1.29, 1.82) is 0 Å². The van der Waals surface area contributed by atoms with Gasteiger partial charge in [-0.25, -0.2) is 8.42 Å². The fourth-order valence-electron chi connectivity index (χ4n) is 1.67. The summed E-state index contributed by atoms with van der Waals surface area (Å²) in [6, 6.07) is 5.56. The third-order valence-corrected chi connectivity index (χ3v) is 3.81. The number of hydrogen-bond acceptors (Lipinski definition) is 4. The first kappa shape index (κ1) is 15.1. The van der Waals surface area contributed by atoms with E-state index in [1.165, 1.54) is 0 Å². The van der Waals surface area contributed by atoms with Gasteiger partial charge in [-0.1, -0.05) is 0 Å². The summed E-state index contributed by atoms with van der Waals surface area (Å²) in [6.07, 6.45) is 1.99. The Morgan fingerprint density at radius 1 is 1.17 bits per heavy atom. The van der Waals surface area contributed by atoms with E-state index in [0.717, 1.165) is 29.9 Å². The van der Waals surface area contributed by atoms with Crippen LogP contribution in [0.15, 0.2) is 18.2 Å². The third-order valence-electron chi connectivity index (χ3n) is 2.57. The molecule has 0 atom stereocenters. The van der Waals surface area contributed by atoms with Crippen LogP contribution < -0.4 is 9.47 Å². The van der Waals surface area contributed by atoms with Crippen molar-refractivity contribution < 1.29 is 17.9 Å². The fraction of sp³-hybridized carbons (Fsp3) is 0.500. The van der Waals surface area contributed by atoms with Gasteiger partial charge in [0.15, 0.2) is 0 Å². The minimum Gasteiger partial charge on any atom is -0.497 e. The van der Waals surface area contributed by atoms with Crippen LogP contribution in [0.25, 0.3) is 0 Å². The fourth-order valence-corrected chi connectivity index (χ4v) is 2.54. The molecule has 18 heavy (non-hydrogen) atoms. The van der Waals surface area contributed by atoms with Crippen LogP contribution in [0.2, 0.25) is 0 Å². The molecular formula is C12H17ClO4S. The number of aryl methyl sites for hydroxylation is 1. The van der Waals surface area contributed by atoms with Crippen LogP contribution in [-0.2, 0) is 15.5 Å². The topological polar surface area (TPSA) is 52.6 Å². The van der Waals surface area contributed by atoms with Gasteiger partial charge < -0.3 is 9.47 Å². The second-order valence-electron chi connectivity index (χ2n) is 3.88. The van der Waals surface area contributed by atoms with Gasteiger partial charge in [-0.05, 0) is 43.0 Å². The first-order valence-corrected chi connectivity index (χ1v) is 8.07. The summed E-state index contributed by atoms with van der Waals surface area (Å²) in [5.74, 6) is 1.54. The number of ether oxygens (including phenoxy) is 2. The van der Waals surface area contributed by atoms with Crippen LogP contribution in [0, 0.1) is 0 Å². The van der Waals surface area contributed by atoms with E-state index >= 15 is 0 Å². The number of halogens is 1. The largest absolute Gasteiger partial charge is 0.497 e. The average Bonchev–Trinajstić information content (AvgIpc) is 2.33. The molecule has 1 aromatic rings. The van der Waals surface area contributed by atoms with E-state index in [1.807, 2.05) is 18.2 Å². The van der Waals surface area contributed by atoms with Crippen molar-refractivity contribution in [2.24, 2.45) is 0 Å². The maximum atomic E-state index is 10.8. The first-order chi connectivity index (χ1) is 8.46. The first-order valence-electron chi connectivity index (χ1n) is 5.59. The van der Waals surface area contributed by atoms with Gasteiger partial charge in [0.25, 0.3) is 0 Å². The lowest BCUT2D eigenvalue weighted by atomic mass is 10.1. The Labute approximate surface area is 112 Å². The highest BCUT2D eigenvalue weighted by Crippen LogP contribution is 2.25. The molecule has 0 unspecified atom stereocenters. The van der Waals surface area contributed by atoms with Gasteiger partial charge >= 0.3 is 0 Å². The van der Waals surface area contributed by atoms with E-state index in [2.05, 4.69) is 0 Å². The van der Waals surface area contributed by atoms with Gasteiger partial charge in [0.1, 0.15) is 11.5 Å². The second-order valence-corrected chi connectivity index (χ2v) is 6.77. The summed E-state index contributed by atoms with van der Waals surface area (Å²) in [7, 11) is 4.97. The van der Waals surface area contributed by atoms with Gasteiger partial charge in [0.2, 0.25) is 9.05 Å². The van der Waals surface area contributed by atoms with E-state index in [4.69, 9.17) is 20.2 Å². The molecule has 4 nitrogen and oxygen atoms in total. The Balaban J connectivity index is 2.60. The van der Waals surface area contributed by atoms with E-state index < -0.39 is 9.05 Å². The Bertz CT molecular complexity index is 485. The van der Waals surface area contributed by atoms with Crippen LogP contribution in [0.4, 0.5) is 0 Å². The summed E-state index contributed by atoms with van der Waals surface area (Å²) in [6.45, 7) is 0. The van der Waals surface area contributed by atoms with Crippen molar-refractivity contribution in [3.05, 3.63) is 23.8 Å². The highest BCUT2D eigenvalue weighted by atomic mass is 35.7. The van der Waals surface area contributed by atoms with E-state index in [-0.39, 0.29) is 5.75 Å². The maximum Gasteiger partial charge on any atom is 0.232 e. The van der Waals surface area contributed by atoms with Crippen molar-refractivity contribution in [2.45, 2.75) is 19.3 Å². The van der Waals surface area contributed by atoms with Gasteiger partial charge in [0.05, 0.1) is 20.0 Å². The van der Waals surface area contributed by atoms with Gasteiger partial charge in [0, 0.05) is 10.7 Å².